The molecule has 5 nitrogen and oxygen atoms in total. The monoisotopic (exact) mass is 822 g/mol. The summed E-state index contributed by atoms with van der Waals surface area (Å²) >= 11 is 0. The van der Waals surface area contributed by atoms with Crippen LogP contribution in [-0.2, 0) is 7.05 Å². The molecule has 0 fully saturated rings. The van der Waals surface area contributed by atoms with Gasteiger partial charge in [-0.3, -0.25) is 19.3 Å². The second-order valence-corrected chi connectivity index (χ2v) is 19.4. The van der Waals surface area contributed by atoms with Crippen molar-refractivity contribution in [2.45, 2.75) is 39.5 Å². The molecule has 11 aromatic rings. The fraction of sp³-hybridized carbons (Fsp3) is 0.136. The van der Waals surface area contributed by atoms with Crippen molar-refractivity contribution in [2.24, 2.45) is 7.05 Å². The van der Waals surface area contributed by atoms with Crippen molar-refractivity contribution in [1.29, 1.82) is 0 Å². The fourth-order valence-corrected chi connectivity index (χ4v) is 13.4. The lowest BCUT2D eigenvalue weighted by Gasteiger charge is -2.43. The molecule has 0 radical (unpaired) electrons. The second kappa shape index (κ2) is 10.9. The summed E-state index contributed by atoms with van der Waals surface area (Å²) in [5.74, 6) is -0.929. The highest BCUT2D eigenvalue weighted by Crippen LogP contribution is 2.64. The van der Waals surface area contributed by atoms with Crippen molar-refractivity contribution in [2.75, 3.05) is 7.05 Å². The molecule has 64 heavy (non-hydrogen) atoms. The minimum atomic E-state index is -0.286. The van der Waals surface area contributed by atoms with E-state index in [9.17, 15) is 14.4 Å². The molecule has 0 saturated carbocycles. The Bertz CT molecular complexity index is 4530. The SMILES string of the molecule is C=c1c2c3c4c5c(cc3c(=O)n1C)c1c3ccc(C)cc3c3cc(C)ccc3c1c1cc3c6c(cc7c(c6c15)C4C(C=2)c1c-7c2ccc(C)cc2c2cc(C)ccc12)C(=O)N(C)C3=O. The van der Waals surface area contributed by atoms with Gasteiger partial charge in [-0.2, -0.15) is 0 Å². The summed E-state index contributed by atoms with van der Waals surface area (Å²) in [5.41, 5.74) is 11.5. The Kier molecular flexibility index (Phi) is 5.96. The van der Waals surface area contributed by atoms with Crippen molar-refractivity contribution in [3.63, 3.8) is 0 Å². The Hall–Kier alpha value is -7.63. The van der Waals surface area contributed by atoms with Crippen molar-refractivity contribution >= 4 is 121 Å². The van der Waals surface area contributed by atoms with E-state index in [4.69, 9.17) is 0 Å². The molecule has 2 atom stereocenters. The lowest BCUT2D eigenvalue weighted by Crippen LogP contribution is -2.44. The van der Waals surface area contributed by atoms with Crippen LogP contribution in [0.5, 0.6) is 0 Å². The average molecular weight is 823 g/mol. The number of carbonyl (C=O) groups is 2. The van der Waals surface area contributed by atoms with Crippen LogP contribution in [0.15, 0.2) is 95.8 Å². The highest BCUT2D eigenvalue weighted by atomic mass is 16.2. The molecule has 2 unspecified atom stereocenters. The van der Waals surface area contributed by atoms with Crippen molar-refractivity contribution in [3.05, 3.63) is 162 Å². The van der Waals surface area contributed by atoms with Crippen LogP contribution in [0.3, 0.4) is 0 Å². The molecule has 0 bridgehead atoms. The number of aryl methyl sites for hydroxylation is 4. The highest BCUT2D eigenvalue weighted by Gasteiger charge is 2.46. The molecule has 2 amide bonds. The standard InChI is InChI=1S/C59H38N2O3/c1-24-8-12-29-34(16-24)35-17-25(2)9-13-30(35)46-40-22-43-50-44(59(64)61(7)58(43)63)23-41-48-32-15-11-27(4)19-37(32)36-18-26(3)10-14-31(36)47(48)39-21-42-49-33(28(5)60(6)57(42)62)20-38(45(29)46)51-53(40)56(50)54(41)52(39)55(49)51/h8-23,38,51H,5H2,1-4,6-7H3. The zero-order valence-electron chi connectivity index (χ0n) is 36.2. The van der Waals surface area contributed by atoms with E-state index in [1.54, 1.807) is 11.6 Å². The Morgan fingerprint density at radius 1 is 0.438 bits per heavy atom. The van der Waals surface area contributed by atoms with Gasteiger partial charge in [0.2, 0.25) is 0 Å². The molecule has 0 N–H and O–H groups in total. The number of hydrogen-bond acceptors (Lipinski definition) is 3. The minimum Gasteiger partial charge on any atom is -0.311 e. The van der Waals surface area contributed by atoms with Gasteiger partial charge >= 0.3 is 0 Å². The van der Waals surface area contributed by atoms with Crippen molar-refractivity contribution < 1.29 is 9.59 Å². The maximum atomic E-state index is 14.9. The number of amides is 2. The fourth-order valence-electron chi connectivity index (χ4n) is 13.4. The Balaban J connectivity index is 1.34. The van der Waals surface area contributed by atoms with Gasteiger partial charge in [0.05, 0.1) is 0 Å². The third kappa shape index (κ3) is 3.71. The van der Waals surface area contributed by atoms with E-state index in [1.807, 2.05) is 7.05 Å². The molecule has 15 rings (SSSR count). The first kappa shape index (κ1) is 34.9. The molecule has 5 heteroatoms. The van der Waals surface area contributed by atoms with Gasteiger partial charge in [0.15, 0.2) is 0 Å². The number of imide groups is 1. The van der Waals surface area contributed by atoms with Crippen LogP contribution in [0.2, 0.25) is 0 Å². The van der Waals surface area contributed by atoms with E-state index < -0.39 is 0 Å². The van der Waals surface area contributed by atoms with Gasteiger partial charge < -0.3 is 4.57 Å². The molecule has 1 aromatic heterocycles. The number of hydrogen-bond donors (Lipinski definition) is 0. The molecule has 1 aliphatic heterocycles. The summed E-state index contributed by atoms with van der Waals surface area (Å²) in [6, 6.07) is 33.5. The number of nitrogens with zero attached hydrogens (tertiary/aromatic N) is 2. The van der Waals surface area contributed by atoms with Gasteiger partial charge in [-0.1, -0.05) is 108 Å². The van der Waals surface area contributed by atoms with Crippen LogP contribution in [0, 0.1) is 27.7 Å². The Labute approximate surface area is 365 Å². The van der Waals surface area contributed by atoms with Crippen LogP contribution in [0.1, 0.15) is 71.5 Å². The first-order chi connectivity index (χ1) is 30.9. The van der Waals surface area contributed by atoms with Crippen LogP contribution >= 0.6 is 0 Å². The summed E-state index contributed by atoms with van der Waals surface area (Å²) in [7, 11) is 3.48. The van der Waals surface area contributed by atoms with Gasteiger partial charge in [-0.25, -0.2) is 0 Å². The second-order valence-electron chi connectivity index (χ2n) is 19.4. The molecular weight excluding hydrogens is 785 g/mol. The average Bonchev–Trinajstić information content (AvgIpc) is 3.29. The minimum absolute atomic E-state index is 0.0624. The third-order valence-electron chi connectivity index (χ3n) is 16.0. The number of rotatable bonds is 0. The maximum Gasteiger partial charge on any atom is 0.261 e. The zero-order chi connectivity index (χ0) is 43.3. The first-order valence-corrected chi connectivity index (χ1v) is 22.3. The lowest BCUT2D eigenvalue weighted by atomic mass is 9.59. The van der Waals surface area contributed by atoms with Gasteiger partial charge in [0, 0.05) is 63.8 Å². The van der Waals surface area contributed by atoms with E-state index >= 15 is 0 Å². The van der Waals surface area contributed by atoms with E-state index in [2.05, 4.69) is 131 Å². The maximum absolute atomic E-state index is 14.9. The molecule has 3 aliphatic carbocycles. The quantitative estimate of drug-likeness (QED) is 0.0869. The predicted octanol–water partition coefficient (Wildman–Crippen LogP) is 11.6. The van der Waals surface area contributed by atoms with Crippen LogP contribution in [-0.4, -0.2) is 28.3 Å². The molecule has 0 spiro atoms. The van der Waals surface area contributed by atoms with Gasteiger partial charge in [-0.15, -0.1) is 0 Å². The number of carbonyl (C=O) groups excluding carboxylic acids is 2. The number of benzene rings is 10. The molecule has 302 valence electrons. The summed E-state index contributed by atoms with van der Waals surface area (Å²) in [6.07, 6.45) is 2.41. The summed E-state index contributed by atoms with van der Waals surface area (Å²) in [5, 5.41) is 20.7. The first-order valence-electron chi connectivity index (χ1n) is 22.3. The molecular formula is C59H38N2O3. The Morgan fingerprint density at radius 2 is 0.969 bits per heavy atom. The van der Waals surface area contributed by atoms with Gasteiger partial charge in [-0.05, 0) is 155 Å². The van der Waals surface area contributed by atoms with Crippen molar-refractivity contribution in [1.82, 2.24) is 9.47 Å². The number of aromatic nitrogens is 1. The van der Waals surface area contributed by atoms with Crippen LogP contribution in [0.25, 0.3) is 121 Å². The van der Waals surface area contributed by atoms with Gasteiger partial charge in [0.25, 0.3) is 17.4 Å². The highest BCUT2D eigenvalue weighted by molar-refractivity contribution is 6.46. The van der Waals surface area contributed by atoms with E-state index in [0.29, 0.717) is 21.9 Å². The van der Waals surface area contributed by atoms with Crippen LogP contribution < -0.4 is 16.1 Å². The van der Waals surface area contributed by atoms with E-state index in [1.165, 1.54) is 48.9 Å². The largest absolute Gasteiger partial charge is 0.311 e. The lowest BCUT2D eigenvalue weighted by molar-refractivity contribution is 0.0650. The number of pyridine rings is 1. The van der Waals surface area contributed by atoms with Crippen molar-refractivity contribution in [3.8, 4) is 11.1 Å². The Morgan fingerprint density at radius 3 is 1.59 bits per heavy atom. The molecule has 2 heterocycles. The van der Waals surface area contributed by atoms with Gasteiger partial charge in [0.1, 0.15) is 0 Å². The smallest absolute Gasteiger partial charge is 0.261 e. The third-order valence-corrected chi connectivity index (χ3v) is 16.0. The molecule has 0 saturated heterocycles. The van der Waals surface area contributed by atoms with E-state index in [-0.39, 0.29) is 29.2 Å². The summed E-state index contributed by atoms with van der Waals surface area (Å²) < 4.78 is 1.74. The zero-order valence-corrected chi connectivity index (χ0v) is 36.2. The molecule has 10 aromatic carbocycles. The predicted molar refractivity (Wildman–Crippen MR) is 264 cm³/mol. The number of fused-ring (bicyclic) bond motifs is 16. The topological polar surface area (TPSA) is 59.4 Å². The van der Waals surface area contributed by atoms with E-state index in [0.717, 1.165) is 103 Å². The van der Waals surface area contributed by atoms with Crippen LogP contribution in [0.4, 0.5) is 0 Å². The molecule has 4 aliphatic rings. The summed E-state index contributed by atoms with van der Waals surface area (Å²) in [6.45, 7) is 13.2. The summed E-state index contributed by atoms with van der Waals surface area (Å²) in [4.78, 5) is 45.8. The normalized spacial score (nSPS) is 16.9.